The predicted octanol–water partition coefficient (Wildman–Crippen LogP) is 0.185. The molecule has 0 heterocycles. The Hall–Kier alpha value is 0.327. The second-order valence-electron chi connectivity index (χ2n) is 1.13. The van der Waals surface area contributed by atoms with Crippen molar-refractivity contribution in [3.05, 3.63) is 0 Å². The molecule has 0 saturated heterocycles. The Morgan fingerprint density at radius 3 is 2.43 bits per heavy atom. The largest absolute Gasteiger partial charge is 0.306 e. The van der Waals surface area contributed by atoms with Gasteiger partial charge in [0, 0.05) is 16.0 Å². The minimum Gasteiger partial charge on any atom is -0.306 e. The van der Waals surface area contributed by atoms with Crippen molar-refractivity contribution in [2.45, 2.75) is 12.5 Å². The van der Waals surface area contributed by atoms with Crippen LogP contribution in [0.25, 0.3) is 0 Å². The van der Waals surface area contributed by atoms with Gasteiger partial charge in [0.25, 0.3) is 0 Å². The Kier molecular flexibility index (Phi) is 4.69. The molecule has 0 aliphatic rings. The third-order valence-corrected chi connectivity index (χ3v) is 1.49. The molecule has 41 valence electrons. The molecule has 1 unspecified atom stereocenters. The summed E-state index contributed by atoms with van der Waals surface area (Å²) in [6.07, 6.45) is 0.764. The van der Waals surface area contributed by atoms with E-state index >= 15 is 0 Å². The lowest BCUT2D eigenvalue weighted by molar-refractivity contribution is 0.563. The fraction of sp³-hybridized carbons (Fsp3) is 1.00. The van der Waals surface area contributed by atoms with Gasteiger partial charge in [0.1, 0.15) is 0 Å². The Balaban J connectivity index is 2.82. The number of hydrogen-bond donors (Lipinski definition) is 1. The first-order valence-electron chi connectivity index (χ1n) is 1.99. The van der Waals surface area contributed by atoms with Crippen LogP contribution in [0.1, 0.15) is 6.42 Å². The molecule has 1 N–H and O–H groups in total. The third kappa shape index (κ3) is 6.33. The van der Waals surface area contributed by atoms with Gasteiger partial charge in [0.2, 0.25) is 0 Å². The molecule has 4 heteroatoms. The molecule has 0 bridgehead atoms. The van der Waals surface area contributed by atoms with Crippen LogP contribution in [0.2, 0.25) is 6.04 Å². The second-order valence-corrected chi connectivity index (χ2v) is 2.68. The van der Waals surface area contributed by atoms with Gasteiger partial charge in [-0.3, -0.25) is 0 Å². The molecule has 0 spiro atoms. The minimum atomic E-state index is -1.60. The normalized spacial score (nSPS) is 14.0. The molecule has 7 heavy (non-hydrogen) atoms. The highest BCUT2D eigenvalue weighted by Crippen LogP contribution is 1.85. The molecular weight excluding hydrogens is 128 g/mol. The molecule has 2 nitrogen and oxygen atoms in total. The van der Waals surface area contributed by atoms with Crippen LogP contribution in [0.3, 0.4) is 0 Å². The minimum absolute atomic E-state index is 0.378. The van der Waals surface area contributed by atoms with Crippen molar-refractivity contribution in [3.63, 3.8) is 0 Å². The van der Waals surface area contributed by atoms with Crippen LogP contribution in [0.4, 0.5) is 0 Å². The van der Waals surface area contributed by atoms with Crippen molar-refractivity contribution >= 4 is 21.3 Å². The van der Waals surface area contributed by atoms with Gasteiger partial charge in [-0.2, -0.15) is 0 Å². The Morgan fingerprint density at radius 1 is 1.71 bits per heavy atom. The zero-order chi connectivity index (χ0) is 5.70. The standard InChI is InChI=1S/C3H7O2SSi/c4-6(5)2-1-3-7/h1-3H2,(H,4,5). The molecule has 0 rings (SSSR count). The van der Waals surface area contributed by atoms with Crippen molar-refractivity contribution in [1.82, 2.24) is 0 Å². The number of rotatable bonds is 3. The fourth-order valence-corrected chi connectivity index (χ4v) is 1.02. The maximum Gasteiger partial charge on any atom is 0.152 e. The first-order chi connectivity index (χ1) is 3.27. The molecule has 0 aliphatic carbocycles. The predicted molar refractivity (Wildman–Crippen MR) is 30.8 cm³/mol. The summed E-state index contributed by atoms with van der Waals surface area (Å²) in [5.41, 5.74) is 0. The van der Waals surface area contributed by atoms with Crippen LogP contribution in [0, 0.1) is 0 Å². The zero-order valence-corrected chi connectivity index (χ0v) is 5.70. The van der Waals surface area contributed by atoms with Crippen LogP contribution >= 0.6 is 0 Å². The summed E-state index contributed by atoms with van der Waals surface area (Å²) in [6.45, 7) is 0. The van der Waals surface area contributed by atoms with E-state index in [1.165, 1.54) is 0 Å². The van der Waals surface area contributed by atoms with E-state index in [4.69, 9.17) is 4.55 Å². The molecule has 0 aromatic carbocycles. The van der Waals surface area contributed by atoms with Crippen LogP contribution < -0.4 is 0 Å². The van der Waals surface area contributed by atoms with Gasteiger partial charge >= 0.3 is 0 Å². The van der Waals surface area contributed by atoms with Crippen LogP contribution in [-0.2, 0) is 11.1 Å². The summed E-state index contributed by atoms with van der Waals surface area (Å²) in [4.78, 5) is 0. The maximum absolute atomic E-state index is 9.85. The van der Waals surface area contributed by atoms with E-state index in [2.05, 4.69) is 10.2 Å². The lowest BCUT2D eigenvalue weighted by Gasteiger charge is -1.86. The first kappa shape index (κ1) is 7.33. The van der Waals surface area contributed by atoms with Gasteiger partial charge in [-0.1, -0.05) is 6.04 Å². The van der Waals surface area contributed by atoms with E-state index < -0.39 is 11.1 Å². The van der Waals surface area contributed by atoms with E-state index in [1.54, 1.807) is 0 Å². The molecule has 0 saturated carbocycles. The van der Waals surface area contributed by atoms with Gasteiger partial charge in [0.05, 0.1) is 0 Å². The van der Waals surface area contributed by atoms with Gasteiger partial charge in [-0.15, -0.1) is 0 Å². The van der Waals surface area contributed by atoms with E-state index in [0.717, 1.165) is 12.5 Å². The van der Waals surface area contributed by atoms with E-state index in [1.807, 2.05) is 0 Å². The number of hydrogen-bond acceptors (Lipinski definition) is 1. The highest BCUT2D eigenvalue weighted by molar-refractivity contribution is 7.79. The fourth-order valence-electron chi connectivity index (χ4n) is 0.196. The molecule has 0 aromatic heterocycles. The topological polar surface area (TPSA) is 37.3 Å². The van der Waals surface area contributed by atoms with E-state index in [0.29, 0.717) is 5.75 Å². The molecule has 0 amide bonds. The molecule has 0 fully saturated rings. The Morgan fingerprint density at radius 2 is 2.29 bits per heavy atom. The highest BCUT2D eigenvalue weighted by Gasteiger charge is 1.87. The van der Waals surface area contributed by atoms with E-state index in [-0.39, 0.29) is 0 Å². The van der Waals surface area contributed by atoms with Gasteiger partial charge in [-0.25, -0.2) is 4.21 Å². The monoisotopic (exact) mass is 135 g/mol. The second kappa shape index (κ2) is 4.48. The van der Waals surface area contributed by atoms with Crippen LogP contribution in [0.5, 0.6) is 0 Å². The summed E-state index contributed by atoms with van der Waals surface area (Å²) in [5.74, 6) is 0.378. The molecule has 0 aliphatic heterocycles. The molecule has 0 aromatic rings. The van der Waals surface area contributed by atoms with Crippen LogP contribution in [-0.4, -0.2) is 24.8 Å². The van der Waals surface area contributed by atoms with Gasteiger partial charge < -0.3 is 4.55 Å². The van der Waals surface area contributed by atoms with Crippen molar-refractivity contribution in [2.75, 3.05) is 5.75 Å². The summed E-state index contributed by atoms with van der Waals surface area (Å²) in [5, 5.41) is 0. The van der Waals surface area contributed by atoms with Crippen molar-refractivity contribution in [1.29, 1.82) is 0 Å². The summed E-state index contributed by atoms with van der Waals surface area (Å²) in [6, 6.07) is 0.798. The highest BCUT2D eigenvalue weighted by atomic mass is 32.2. The van der Waals surface area contributed by atoms with Crippen molar-refractivity contribution in [3.8, 4) is 0 Å². The van der Waals surface area contributed by atoms with Crippen molar-refractivity contribution < 1.29 is 8.76 Å². The average Bonchev–Trinajstić information content (AvgIpc) is 1.61. The zero-order valence-electron chi connectivity index (χ0n) is 3.89. The molecule has 1 atom stereocenters. The SMILES string of the molecule is O=S(O)CCC[Si]. The van der Waals surface area contributed by atoms with Gasteiger partial charge in [0.15, 0.2) is 11.1 Å². The lowest BCUT2D eigenvalue weighted by Crippen LogP contribution is -1.92. The smallest absolute Gasteiger partial charge is 0.152 e. The average molecular weight is 135 g/mol. The van der Waals surface area contributed by atoms with Gasteiger partial charge in [-0.05, 0) is 6.42 Å². The molecular formula is C3H7O2SSi. The summed E-state index contributed by atoms with van der Waals surface area (Å²) in [7, 11) is 3.17. The van der Waals surface area contributed by atoms with Crippen LogP contribution in [0.15, 0.2) is 0 Å². The lowest BCUT2D eigenvalue weighted by atomic mass is 10.6. The Bertz CT molecular complexity index is 66.0. The Labute approximate surface area is 49.0 Å². The summed E-state index contributed by atoms with van der Waals surface area (Å²) < 4.78 is 18.0. The first-order valence-corrected chi connectivity index (χ1v) is 3.97. The van der Waals surface area contributed by atoms with Crippen molar-refractivity contribution in [2.24, 2.45) is 0 Å². The van der Waals surface area contributed by atoms with E-state index in [9.17, 15) is 4.21 Å². The molecule has 3 radical (unpaired) electrons. The maximum atomic E-state index is 9.85. The quantitative estimate of drug-likeness (QED) is 0.443. The third-order valence-electron chi connectivity index (χ3n) is 0.496. The summed E-state index contributed by atoms with van der Waals surface area (Å²) >= 11 is -1.60.